The van der Waals surface area contributed by atoms with E-state index in [1.54, 1.807) is 17.8 Å². The van der Waals surface area contributed by atoms with Crippen LogP contribution in [0.2, 0.25) is 0 Å². The molecule has 0 saturated carbocycles. The maximum Gasteiger partial charge on any atom is 0.137 e. The van der Waals surface area contributed by atoms with Crippen LogP contribution in [0.5, 0.6) is 0 Å². The molecule has 1 unspecified atom stereocenters. The number of thioether (sulfide) groups is 1. The Labute approximate surface area is 131 Å². The third-order valence-corrected chi connectivity index (χ3v) is 5.04. The first-order valence-electron chi connectivity index (χ1n) is 6.44. The SMILES string of the molecule is Cc1cccc(SCC(N)Cc2cccc(F)c2Br)c1. The Morgan fingerprint density at radius 1 is 1.25 bits per heavy atom. The molecule has 0 radical (unpaired) electrons. The second-order valence-corrected chi connectivity index (χ2v) is 6.69. The van der Waals surface area contributed by atoms with E-state index in [0.29, 0.717) is 10.9 Å². The summed E-state index contributed by atoms with van der Waals surface area (Å²) < 4.78 is 14.0. The third-order valence-electron chi connectivity index (χ3n) is 2.97. The minimum Gasteiger partial charge on any atom is -0.327 e. The molecule has 0 amide bonds. The molecule has 0 saturated heterocycles. The van der Waals surface area contributed by atoms with Crippen LogP contribution >= 0.6 is 27.7 Å². The first-order valence-corrected chi connectivity index (χ1v) is 8.22. The summed E-state index contributed by atoms with van der Waals surface area (Å²) in [6.07, 6.45) is 0.664. The van der Waals surface area contributed by atoms with Crippen molar-refractivity contribution in [1.82, 2.24) is 0 Å². The van der Waals surface area contributed by atoms with Crippen LogP contribution in [0.3, 0.4) is 0 Å². The van der Waals surface area contributed by atoms with Gasteiger partial charge in [0.15, 0.2) is 0 Å². The van der Waals surface area contributed by atoms with E-state index in [1.165, 1.54) is 16.5 Å². The van der Waals surface area contributed by atoms with E-state index in [4.69, 9.17) is 5.73 Å². The molecule has 0 aliphatic carbocycles. The number of halogens is 2. The summed E-state index contributed by atoms with van der Waals surface area (Å²) in [7, 11) is 0. The Kier molecular flexibility index (Phi) is 5.64. The molecule has 2 aromatic rings. The van der Waals surface area contributed by atoms with E-state index in [0.717, 1.165) is 11.3 Å². The number of benzene rings is 2. The van der Waals surface area contributed by atoms with Gasteiger partial charge >= 0.3 is 0 Å². The smallest absolute Gasteiger partial charge is 0.137 e. The lowest BCUT2D eigenvalue weighted by Gasteiger charge is -2.13. The van der Waals surface area contributed by atoms with E-state index in [9.17, 15) is 4.39 Å². The topological polar surface area (TPSA) is 26.0 Å². The number of hydrogen-bond donors (Lipinski definition) is 1. The monoisotopic (exact) mass is 353 g/mol. The molecule has 0 aromatic heterocycles. The largest absolute Gasteiger partial charge is 0.327 e. The number of nitrogens with two attached hydrogens (primary N) is 1. The van der Waals surface area contributed by atoms with Crippen LogP contribution in [0.4, 0.5) is 4.39 Å². The van der Waals surface area contributed by atoms with Crippen molar-refractivity contribution in [1.29, 1.82) is 0 Å². The van der Waals surface area contributed by atoms with E-state index in [-0.39, 0.29) is 11.9 Å². The fourth-order valence-corrected chi connectivity index (χ4v) is 3.35. The molecular weight excluding hydrogens is 337 g/mol. The first kappa shape index (κ1) is 15.5. The Bertz CT molecular complexity index is 588. The standard InChI is InChI=1S/C16H17BrFNS/c1-11-4-2-6-14(8-11)20-10-13(19)9-12-5-3-7-15(18)16(12)17/h2-8,13H,9-10,19H2,1H3. The second-order valence-electron chi connectivity index (χ2n) is 4.80. The van der Waals surface area contributed by atoms with Gasteiger partial charge in [-0.15, -0.1) is 11.8 Å². The van der Waals surface area contributed by atoms with E-state index >= 15 is 0 Å². The van der Waals surface area contributed by atoms with Gasteiger partial charge in [-0.2, -0.15) is 0 Å². The lowest BCUT2D eigenvalue weighted by atomic mass is 10.1. The van der Waals surface area contributed by atoms with Crippen molar-refractivity contribution < 1.29 is 4.39 Å². The Morgan fingerprint density at radius 2 is 2.00 bits per heavy atom. The molecule has 2 N–H and O–H groups in total. The molecule has 1 nitrogen and oxygen atoms in total. The van der Waals surface area contributed by atoms with Gasteiger partial charge in [0.2, 0.25) is 0 Å². The molecule has 0 bridgehead atoms. The fraction of sp³-hybridized carbons (Fsp3) is 0.250. The highest BCUT2D eigenvalue weighted by Gasteiger charge is 2.10. The Morgan fingerprint density at radius 3 is 2.75 bits per heavy atom. The van der Waals surface area contributed by atoms with Crippen LogP contribution in [0, 0.1) is 12.7 Å². The third kappa shape index (κ3) is 4.33. The zero-order valence-electron chi connectivity index (χ0n) is 11.3. The van der Waals surface area contributed by atoms with Crippen LogP contribution in [-0.4, -0.2) is 11.8 Å². The van der Waals surface area contributed by atoms with Crippen LogP contribution in [0.1, 0.15) is 11.1 Å². The summed E-state index contributed by atoms with van der Waals surface area (Å²) in [5.74, 6) is 0.577. The summed E-state index contributed by atoms with van der Waals surface area (Å²) in [6, 6.07) is 13.4. The predicted octanol–water partition coefficient (Wildman–Crippen LogP) is 4.56. The second kappa shape index (κ2) is 7.25. The van der Waals surface area contributed by atoms with Crippen LogP contribution in [0.25, 0.3) is 0 Å². The highest BCUT2D eigenvalue weighted by atomic mass is 79.9. The van der Waals surface area contributed by atoms with Crippen molar-refractivity contribution in [3.05, 3.63) is 63.9 Å². The van der Waals surface area contributed by atoms with Crippen LogP contribution in [-0.2, 0) is 6.42 Å². The number of aryl methyl sites for hydroxylation is 1. The van der Waals surface area contributed by atoms with E-state index < -0.39 is 0 Å². The average Bonchev–Trinajstić information content (AvgIpc) is 2.42. The number of rotatable bonds is 5. The summed E-state index contributed by atoms with van der Waals surface area (Å²) in [5.41, 5.74) is 8.31. The normalized spacial score (nSPS) is 12.4. The fourth-order valence-electron chi connectivity index (χ4n) is 1.96. The predicted molar refractivity (Wildman–Crippen MR) is 87.7 cm³/mol. The van der Waals surface area contributed by atoms with Gasteiger partial charge in [0, 0.05) is 16.7 Å². The minimum atomic E-state index is -0.235. The molecule has 1 atom stereocenters. The average molecular weight is 354 g/mol. The molecule has 106 valence electrons. The van der Waals surface area contributed by atoms with Crippen molar-refractivity contribution in [3.63, 3.8) is 0 Å². The van der Waals surface area contributed by atoms with Gasteiger partial charge in [-0.05, 0) is 53.0 Å². The molecular formula is C16H17BrFNS. The molecule has 0 fully saturated rings. The van der Waals surface area contributed by atoms with Crippen molar-refractivity contribution in [2.45, 2.75) is 24.3 Å². The van der Waals surface area contributed by atoms with Crippen LogP contribution < -0.4 is 5.73 Å². The zero-order valence-corrected chi connectivity index (χ0v) is 13.7. The van der Waals surface area contributed by atoms with Gasteiger partial charge in [-0.25, -0.2) is 4.39 Å². The highest BCUT2D eigenvalue weighted by molar-refractivity contribution is 9.10. The molecule has 20 heavy (non-hydrogen) atoms. The van der Waals surface area contributed by atoms with Crippen molar-refractivity contribution >= 4 is 27.7 Å². The summed E-state index contributed by atoms with van der Waals surface area (Å²) in [4.78, 5) is 1.22. The molecule has 2 rings (SSSR count). The lowest BCUT2D eigenvalue weighted by Crippen LogP contribution is -2.25. The zero-order chi connectivity index (χ0) is 14.5. The number of hydrogen-bond acceptors (Lipinski definition) is 2. The van der Waals surface area contributed by atoms with E-state index in [2.05, 4.69) is 41.1 Å². The maximum atomic E-state index is 13.4. The Balaban J connectivity index is 1.92. The maximum absolute atomic E-state index is 13.4. The first-order chi connectivity index (χ1) is 9.56. The molecule has 0 aliphatic rings. The molecule has 0 heterocycles. The van der Waals surface area contributed by atoms with Gasteiger partial charge in [0.25, 0.3) is 0 Å². The molecule has 0 spiro atoms. The van der Waals surface area contributed by atoms with Gasteiger partial charge in [0.05, 0.1) is 4.47 Å². The quantitative estimate of drug-likeness (QED) is 0.797. The lowest BCUT2D eigenvalue weighted by molar-refractivity contribution is 0.615. The highest BCUT2D eigenvalue weighted by Crippen LogP contribution is 2.24. The molecule has 4 heteroatoms. The summed E-state index contributed by atoms with van der Waals surface area (Å²) >= 11 is 5.01. The van der Waals surface area contributed by atoms with Crippen LogP contribution in [0.15, 0.2) is 51.8 Å². The van der Waals surface area contributed by atoms with Gasteiger partial charge in [0.1, 0.15) is 5.82 Å². The van der Waals surface area contributed by atoms with Crippen molar-refractivity contribution in [2.75, 3.05) is 5.75 Å². The van der Waals surface area contributed by atoms with Crippen molar-refractivity contribution in [2.24, 2.45) is 5.73 Å². The van der Waals surface area contributed by atoms with Gasteiger partial charge < -0.3 is 5.73 Å². The minimum absolute atomic E-state index is 0.00128. The van der Waals surface area contributed by atoms with E-state index in [1.807, 2.05) is 12.1 Å². The molecule has 0 aliphatic heterocycles. The summed E-state index contributed by atoms with van der Waals surface area (Å²) in [5, 5.41) is 0. The summed E-state index contributed by atoms with van der Waals surface area (Å²) in [6.45, 7) is 2.08. The van der Waals surface area contributed by atoms with Crippen molar-refractivity contribution in [3.8, 4) is 0 Å². The molecule has 2 aromatic carbocycles. The van der Waals surface area contributed by atoms with Gasteiger partial charge in [-0.1, -0.05) is 29.8 Å². The Hall–Kier alpha value is -0.840. The van der Waals surface area contributed by atoms with Gasteiger partial charge in [-0.3, -0.25) is 0 Å².